The van der Waals surface area contributed by atoms with Crippen LogP contribution in [0.5, 0.6) is 5.75 Å². The molecule has 38 heavy (non-hydrogen) atoms. The molecule has 5 rings (SSSR count). The topological polar surface area (TPSA) is 97.8 Å². The molecule has 2 aliphatic heterocycles. The van der Waals surface area contributed by atoms with E-state index in [4.69, 9.17) is 14.2 Å². The third-order valence-corrected chi connectivity index (χ3v) is 6.83. The minimum Gasteiger partial charge on any atom is -0.489 e. The Morgan fingerprint density at radius 3 is 2.82 bits per heavy atom. The zero-order valence-electron chi connectivity index (χ0n) is 21.8. The standard InChI is InChI=1S/C29H35N5O4/c1-21(22-7-3-2-4-8-22)32-29-24-17-26(33-28(35)10-5-11-34-12-15-36-16-13-34)27(18-25(24)30-20-31-29)38-19-23-9-6-14-37-23/h2-5,7-8,10,17-18,20-21,23H,6,9,11-16,19H2,1H3,(H,33,35)(H,30,31,32)/b10-5+/t21-,23?/m1/s1. The van der Waals surface area contributed by atoms with Gasteiger partial charge in [-0.25, -0.2) is 9.97 Å². The van der Waals surface area contributed by atoms with Crippen molar-refractivity contribution in [3.8, 4) is 5.75 Å². The first kappa shape index (κ1) is 26.1. The van der Waals surface area contributed by atoms with Crippen molar-refractivity contribution in [1.82, 2.24) is 14.9 Å². The van der Waals surface area contributed by atoms with E-state index < -0.39 is 0 Å². The Balaban J connectivity index is 1.37. The van der Waals surface area contributed by atoms with Crippen LogP contribution in [0, 0.1) is 0 Å². The lowest BCUT2D eigenvalue weighted by Crippen LogP contribution is -2.36. The highest BCUT2D eigenvalue weighted by molar-refractivity contribution is 6.03. The summed E-state index contributed by atoms with van der Waals surface area (Å²) < 4.78 is 17.3. The summed E-state index contributed by atoms with van der Waals surface area (Å²) in [4.78, 5) is 24.1. The van der Waals surface area contributed by atoms with Gasteiger partial charge in [-0.3, -0.25) is 9.69 Å². The number of ether oxygens (including phenoxy) is 3. The molecule has 0 saturated carbocycles. The van der Waals surface area contributed by atoms with Crippen molar-refractivity contribution in [1.29, 1.82) is 0 Å². The molecule has 2 aliphatic rings. The molecule has 2 atom stereocenters. The fourth-order valence-corrected chi connectivity index (χ4v) is 4.67. The Labute approximate surface area is 223 Å². The number of hydrogen-bond acceptors (Lipinski definition) is 8. The van der Waals surface area contributed by atoms with Crippen molar-refractivity contribution in [2.24, 2.45) is 0 Å². The minimum atomic E-state index is -0.219. The molecule has 0 spiro atoms. The second-order valence-electron chi connectivity index (χ2n) is 9.62. The number of hydrogen-bond donors (Lipinski definition) is 2. The van der Waals surface area contributed by atoms with Crippen LogP contribution >= 0.6 is 0 Å². The molecule has 0 radical (unpaired) electrons. The third kappa shape index (κ3) is 6.86. The largest absolute Gasteiger partial charge is 0.489 e. The Morgan fingerprint density at radius 1 is 1.18 bits per heavy atom. The number of fused-ring (bicyclic) bond motifs is 1. The van der Waals surface area contributed by atoms with Crippen LogP contribution in [0.1, 0.15) is 31.4 Å². The number of amides is 1. The summed E-state index contributed by atoms with van der Waals surface area (Å²) in [5.41, 5.74) is 2.45. The van der Waals surface area contributed by atoms with Gasteiger partial charge in [0, 0.05) is 49.8 Å². The molecule has 2 fully saturated rings. The zero-order chi connectivity index (χ0) is 26.2. The highest BCUT2D eigenvalue weighted by atomic mass is 16.5. The molecule has 0 aliphatic carbocycles. The summed E-state index contributed by atoms with van der Waals surface area (Å²) in [6.07, 6.45) is 7.04. The maximum atomic E-state index is 12.9. The van der Waals surface area contributed by atoms with E-state index in [0.717, 1.165) is 62.2 Å². The number of nitrogens with zero attached hydrogens (tertiary/aromatic N) is 3. The number of rotatable bonds is 10. The van der Waals surface area contributed by atoms with Crippen LogP contribution in [0.2, 0.25) is 0 Å². The summed E-state index contributed by atoms with van der Waals surface area (Å²) in [7, 11) is 0. The van der Waals surface area contributed by atoms with Crippen LogP contribution in [0.15, 0.2) is 60.9 Å². The van der Waals surface area contributed by atoms with E-state index in [9.17, 15) is 4.79 Å². The molecular formula is C29H35N5O4. The second kappa shape index (κ2) is 12.8. The average molecular weight is 518 g/mol. The zero-order valence-corrected chi connectivity index (χ0v) is 21.8. The monoisotopic (exact) mass is 517 g/mol. The molecule has 2 N–H and O–H groups in total. The molecular weight excluding hydrogens is 482 g/mol. The van der Waals surface area contributed by atoms with Gasteiger partial charge < -0.3 is 24.8 Å². The summed E-state index contributed by atoms with van der Waals surface area (Å²) >= 11 is 0. The highest BCUT2D eigenvalue weighted by Crippen LogP contribution is 2.34. The molecule has 1 aromatic heterocycles. The van der Waals surface area contributed by atoms with Crippen LogP contribution in [-0.2, 0) is 14.3 Å². The first-order valence-corrected chi connectivity index (χ1v) is 13.3. The van der Waals surface area contributed by atoms with Crippen LogP contribution in [0.25, 0.3) is 10.9 Å². The molecule has 9 nitrogen and oxygen atoms in total. The second-order valence-corrected chi connectivity index (χ2v) is 9.62. The maximum Gasteiger partial charge on any atom is 0.248 e. The number of aromatic nitrogens is 2. The van der Waals surface area contributed by atoms with Crippen molar-refractivity contribution in [2.45, 2.75) is 31.9 Å². The molecule has 1 unspecified atom stereocenters. The van der Waals surface area contributed by atoms with Gasteiger partial charge in [-0.05, 0) is 31.4 Å². The Bertz CT molecular complexity index is 1240. The normalized spacial score (nSPS) is 19.0. The Morgan fingerprint density at radius 2 is 2.03 bits per heavy atom. The van der Waals surface area contributed by atoms with E-state index in [2.05, 4.69) is 44.6 Å². The van der Waals surface area contributed by atoms with Gasteiger partial charge in [0.25, 0.3) is 0 Å². The number of carbonyl (C=O) groups excluding carboxylic acids is 1. The molecule has 1 amide bonds. The fraction of sp³-hybridized carbons (Fsp3) is 0.414. The minimum absolute atomic E-state index is 0.0332. The van der Waals surface area contributed by atoms with Crippen molar-refractivity contribution in [3.63, 3.8) is 0 Å². The van der Waals surface area contributed by atoms with Gasteiger partial charge >= 0.3 is 0 Å². The van der Waals surface area contributed by atoms with Crippen molar-refractivity contribution < 1.29 is 19.0 Å². The van der Waals surface area contributed by atoms with Gasteiger partial charge in [0.1, 0.15) is 24.5 Å². The lowest BCUT2D eigenvalue weighted by molar-refractivity contribution is -0.111. The van der Waals surface area contributed by atoms with Gasteiger partial charge in [0.2, 0.25) is 5.91 Å². The van der Waals surface area contributed by atoms with Crippen LogP contribution in [0.3, 0.4) is 0 Å². The quantitative estimate of drug-likeness (QED) is 0.387. The smallest absolute Gasteiger partial charge is 0.248 e. The Kier molecular flexibility index (Phi) is 8.80. The van der Waals surface area contributed by atoms with Gasteiger partial charge in [-0.2, -0.15) is 0 Å². The van der Waals surface area contributed by atoms with Crippen molar-refractivity contribution in [3.05, 3.63) is 66.5 Å². The molecule has 9 heteroatoms. The molecule has 3 aromatic rings. The van der Waals surface area contributed by atoms with Gasteiger partial charge in [-0.1, -0.05) is 36.4 Å². The van der Waals surface area contributed by atoms with Crippen molar-refractivity contribution in [2.75, 3.05) is 56.7 Å². The number of anilines is 2. The molecule has 200 valence electrons. The molecule has 2 saturated heterocycles. The van der Waals surface area contributed by atoms with E-state index >= 15 is 0 Å². The van der Waals surface area contributed by atoms with Crippen LogP contribution in [-0.4, -0.2) is 72.9 Å². The maximum absolute atomic E-state index is 12.9. The number of morpholine rings is 1. The molecule has 0 bridgehead atoms. The first-order valence-electron chi connectivity index (χ1n) is 13.3. The van der Waals surface area contributed by atoms with Gasteiger partial charge in [-0.15, -0.1) is 0 Å². The Hall–Kier alpha value is -3.53. The summed E-state index contributed by atoms with van der Waals surface area (Å²) in [6, 6.07) is 14.0. The third-order valence-electron chi connectivity index (χ3n) is 6.83. The van der Waals surface area contributed by atoms with Crippen LogP contribution in [0.4, 0.5) is 11.5 Å². The van der Waals surface area contributed by atoms with Gasteiger partial charge in [0.05, 0.1) is 30.5 Å². The van der Waals surface area contributed by atoms with E-state index in [-0.39, 0.29) is 18.1 Å². The summed E-state index contributed by atoms with van der Waals surface area (Å²) in [5.74, 6) is 1.03. The van der Waals surface area contributed by atoms with Crippen LogP contribution < -0.4 is 15.4 Å². The van der Waals surface area contributed by atoms with E-state index in [1.807, 2.05) is 36.4 Å². The number of benzene rings is 2. The molecule has 3 heterocycles. The number of carbonyl (C=O) groups is 1. The highest BCUT2D eigenvalue weighted by Gasteiger charge is 2.19. The number of nitrogens with one attached hydrogen (secondary N) is 2. The summed E-state index contributed by atoms with van der Waals surface area (Å²) in [6.45, 7) is 7.16. The SMILES string of the molecule is C[C@@H](Nc1ncnc2cc(OCC3CCCO3)c(NC(=O)/C=C/CN3CCOCC3)cc12)c1ccccc1. The van der Waals surface area contributed by atoms with E-state index in [1.165, 1.54) is 0 Å². The lowest BCUT2D eigenvalue weighted by atomic mass is 10.1. The molecule has 2 aromatic carbocycles. The average Bonchev–Trinajstić information content (AvgIpc) is 3.47. The van der Waals surface area contributed by atoms with Crippen molar-refractivity contribution >= 4 is 28.3 Å². The lowest BCUT2D eigenvalue weighted by Gasteiger charge is -2.25. The van der Waals surface area contributed by atoms with Gasteiger partial charge in [0.15, 0.2) is 0 Å². The van der Waals surface area contributed by atoms with E-state index in [1.54, 1.807) is 12.4 Å². The predicted molar refractivity (Wildman–Crippen MR) is 148 cm³/mol. The predicted octanol–water partition coefficient (Wildman–Crippen LogP) is 4.19. The van der Waals surface area contributed by atoms with E-state index in [0.29, 0.717) is 30.4 Å². The first-order chi connectivity index (χ1) is 18.7. The summed E-state index contributed by atoms with van der Waals surface area (Å²) in [5, 5.41) is 7.30. The fourth-order valence-electron chi connectivity index (χ4n) is 4.67.